The van der Waals surface area contributed by atoms with E-state index in [0.29, 0.717) is 23.7 Å². The average Bonchev–Trinajstić information content (AvgIpc) is 2.51. The van der Waals surface area contributed by atoms with Crippen LogP contribution in [0.3, 0.4) is 0 Å². The monoisotopic (exact) mass is 287 g/mol. The third-order valence-electron chi connectivity index (χ3n) is 3.93. The van der Waals surface area contributed by atoms with E-state index in [9.17, 15) is 4.79 Å². The van der Waals surface area contributed by atoms with E-state index in [0.717, 1.165) is 12.1 Å². The van der Waals surface area contributed by atoms with Crippen molar-refractivity contribution in [1.29, 1.82) is 0 Å². The van der Waals surface area contributed by atoms with E-state index in [1.165, 1.54) is 25.7 Å². The number of aromatic amines is 1. The Morgan fingerprint density at radius 3 is 2.86 bits per heavy atom. The highest BCUT2D eigenvalue weighted by atomic mass is 16.1. The molecule has 4 heteroatoms. The lowest BCUT2D eigenvalue weighted by Crippen LogP contribution is -2.24. The van der Waals surface area contributed by atoms with Crippen molar-refractivity contribution in [2.24, 2.45) is 5.92 Å². The van der Waals surface area contributed by atoms with Crippen LogP contribution >= 0.6 is 0 Å². The first-order valence-electron chi connectivity index (χ1n) is 7.93. The molecule has 0 saturated heterocycles. The molecule has 2 rings (SSSR count). The largest absolute Gasteiger partial charge is 0.310 e. The fourth-order valence-electron chi connectivity index (χ4n) is 2.56. The van der Waals surface area contributed by atoms with Crippen molar-refractivity contribution in [2.75, 3.05) is 6.54 Å². The minimum Gasteiger partial charge on any atom is -0.310 e. The first kappa shape index (κ1) is 15.7. The number of nitrogens with zero attached hydrogens (tertiary/aromatic N) is 1. The molecule has 0 fully saturated rings. The molecular formula is C17H25N3O. The molecule has 0 aliphatic carbocycles. The summed E-state index contributed by atoms with van der Waals surface area (Å²) in [5, 5.41) is 4.07. The predicted octanol–water partition coefficient (Wildman–Crippen LogP) is 3.23. The molecule has 21 heavy (non-hydrogen) atoms. The summed E-state index contributed by atoms with van der Waals surface area (Å²) in [4.78, 5) is 19.3. The van der Waals surface area contributed by atoms with Gasteiger partial charge in [-0.05, 0) is 31.0 Å². The van der Waals surface area contributed by atoms with Crippen molar-refractivity contribution in [1.82, 2.24) is 15.3 Å². The van der Waals surface area contributed by atoms with Gasteiger partial charge < -0.3 is 10.3 Å². The summed E-state index contributed by atoms with van der Waals surface area (Å²) >= 11 is 0. The number of hydrogen-bond donors (Lipinski definition) is 2. The minimum absolute atomic E-state index is 0.0598. The molecule has 0 radical (unpaired) electrons. The molecule has 114 valence electrons. The number of benzene rings is 1. The molecule has 0 saturated carbocycles. The second-order valence-electron chi connectivity index (χ2n) is 5.58. The number of nitrogens with one attached hydrogen (secondary N) is 2. The summed E-state index contributed by atoms with van der Waals surface area (Å²) in [6.45, 7) is 6.05. The summed E-state index contributed by atoms with van der Waals surface area (Å²) in [5.41, 5.74) is 0.700. The highest BCUT2D eigenvalue weighted by Crippen LogP contribution is 2.11. The van der Waals surface area contributed by atoms with Crippen LogP contribution in [-0.2, 0) is 6.54 Å². The zero-order valence-corrected chi connectivity index (χ0v) is 13.0. The van der Waals surface area contributed by atoms with Crippen LogP contribution in [-0.4, -0.2) is 16.5 Å². The zero-order chi connectivity index (χ0) is 15.1. The number of hydrogen-bond acceptors (Lipinski definition) is 3. The Balaban J connectivity index is 1.96. The van der Waals surface area contributed by atoms with Crippen LogP contribution in [0.1, 0.15) is 45.4 Å². The normalized spacial score (nSPS) is 12.7. The third-order valence-corrected chi connectivity index (χ3v) is 3.93. The maximum atomic E-state index is 12.0. The second kappa shape index (κ2) is 7.93. The number of fused-ring (bicyclic) bond motifs is 1. The van der Waals surface area contributed by atoms with Crippen molar-refractivity contribution in [3.63, 3.8) is 0 Å². The van der Waals surface area contributed by atoms with E-state index in [-0.39, 0.29) is 5.56 Å². The molecule has 2 N–H and O–H groups in total. The van der Waals surface area contributed by atoms with Gasteiger partial charge in [0.15, 0.2) is 0 Å². The van der Waals surface area contributed by atoms with Crippen molar-refractivity contribution >= 4 is 10.9 Å². The number of unbranched alkanes of at least 4 members (excludes halogenated alkanes) is 1. The highest BCUT2D eigenvalue weighted by Gasteiger charge is 2.07. The van der Waals surface area contributed by atoms with E-state index in [2.05, 4.69) is 29.1 Å². The maximum absolute atomic E-state index is 12.0. The lowest BCUT2D eigenvalue weighted by molar-refractivity contribution is 0.417. The molecule has 1 unspecified atom stereocenters. The summed E-state index contributed by atoms with van der Waals surface area (Å²) in [6.07, 6.45) is 4.98. The first-order chi connectivity index (χ1) is 10.2. The lowest BCUT2D eigenvalue weighted by Gasteiger charge is -2.15. The molecule has 0 aliphatic rings. The zero-order valence-electron chi connectivity index (χ0n) is 13.0. The standard InChI is InChI=1S/C17H25N3O/c1-3-5-8-13(4-2)11-18-12-16-19-15-10-7-6-9-14(15)17(21)20-16/h6-7,9-10,13,18H,3-5,8,11-12H2,1-2H3,(H,19,20,21). The van der Waals surface area contributed by atoms with Gasteiger partial charge in [0.25, 0.3) is 5.56 Å². The van der Waals surface area contributed by atoms with Gasteiger partial charge in [-0.25, -0.2) is 4.98 Å². The van der Waals surface area contributed by atoms with Crippen LogP contribution in [0.25, 0.3) is 10.9 Å². The van der Waals surface area contributed by atoms with Gasteiger partial charge in [0, 0.05) is 0 Å². The molecule has 4 nitrogen and oxygen atoms in total. The van der Waals surface area contributed by atoms with E-state index >= 15 is 0 Å². The van der Waals surface area contributed by atoms with Crippen molar-refractivity contribution in [3.8, 4) is 0 Å². The van der Waals surface area contributed by atoms with Gasteiger partial charge in [0.1, 0.15) is 5.82 Å². The predicted molar refractivity (Wildman–Crippen MR) is 87.4 cm³/mol. The van der Waals surface area contributed by atoms with Crippen LogP contribution in [0.2, 0.25) is 0 Å². The number of aromatic nitrogens is 2. The molecule has 1 atom stereocenters. The molecule has 0 spiro atoms. The summed E-state index contributed by atoms with van der Waals surface area (Å²) in [7, 11) is 0. The Morgan fingerprint density at radius 1 is 1.29 bits per heavy atom. The maximum Gasteiger partial charge on any atom is 0.258 e. The van der Waals surface area contributed by atoms with Gasteiger partial charge >= 0.3 is 0 Å². The fraction of sp³-hybridized carbons (Fsp3) is 0.529. The molecule has 1 heterocycles. The molecule has 0 bridgehead atoms. The molecule has 0 aliphatic heterocycles. The van der Waals surface area contributed by atoms with Crippen molar-refractivity contribution in [2.45, 2.75) is 46.1 Å². The van der Waals surface area contributed by atoms with Crippen molar-refractivity contribution < 1.29 is 0 Å². The van der Waals surface area contributed by atoms with Crippen LogP contribution in [0.4, 0.5) is 0 Å². The Bertz CT molecular complexity index is 621. The number of para-hydroxylation sites is 1. The van der Waals surface area contributed by atoms with E-state index in [4.69, 9.17) is 0 Å². The second-order valence-corrected chi connectivity index (χ2v) is 5.58. The van der Waals surface area contributed by atoms with Crippen LogP contribution < -0.4 is 10.9 Å². The fourth-order valence-corrected chi connectivity index (χ4v) is 2.56. The summed E-state index contributed by atoms with van der Waals surface area (Å²) in [5.74, 6) is 1.42. The quantitative estimate of drug-likeness (QED) is 0.783. The average molecular weight is 287 g/mol. The topological polar surface area (TPSA) is 57.8 Å². The van der Waals surface area contributed by atoms with Crippen LogP contribution in [0, 0.1) is 5.92 Å². The Labute approximate surface area is 126 Å². The smallest absolute Gasteiger partial charge is 0.258 e. The minimum atomic E-state index is -0.0598. The Morgan fingerprint density at radius 2 is 2.10 bits per heavy atom. The molecule has 1 aromatic heterocycles. The summed E-state index contributed by atoms with van der Waals surface area (Å²) in [6, 6.07) is 7.45. The van der Waals surface area contributed by atoms with Crippen LogP contribution in [0.15, 0.2) is 29.1 Å². The van der Waals surface area contributed by atoms with Gasteiger partial charge in [0.2, 0.25) is 0 Å². The van der Waals surface area contributed by atoms with Gasteiger partial charge in [-0.2, -0.15) is 0 Å². The van der Waals surface area contributed by atoms with Gasteiger partial charge in [0.05, 0.1) is 17.4 Å². The molecular weight excluding hydrogens is 262 g/mol. The van der Waals surface area contributed by atoms with Gasteiger partial charge in [-0.3, -0.25) is 4.79 Å². The van der Waals surface area contributed by atoms with Gasteiger partial charge in [-0.1, -0.05) is 45.2 Å². The highest BCUT2D eigenvalue weighted by molar-refractivity contribution is 5.77. The lowest BCUT2D eigenvalue weighted by atomic mass is 9.99. The third kappa shape index (κ3) is 4.39. The van der Waals surface area contributed by atoms with Gasteiger partial charge in [-0.15, -0.1) is 0 Å². The molecule has 0 amide bonds. The number of H-pyrrole nitrogens is 1. The van der Waals surface area contributed by atoms with E-state index < -0.39 is 0 Å². The van der Waals surface area contributed by atoms with E-state index in [1.807, 2.05) is 18.2 Å². The van der Waals surface area contributed by atoms with Crippen LogP contribution in [0.5, 0.6) is 0 Å². The Hall–Kier alpha value is -1.68. The van der Waals surface area contributed by atoms with Crippen molar-refractivity contribution in [3.05, 3.63) is 40.4 Å². The molecule has 2 aromatic rings. The first-order valence-corrected chi connectivity index (χ1v) is 7.93. The molecule has 1 aromatic carbocycles. The SMILES string of the molecule is CCCCC(CC)CNCc1nc2ccccc2c(=O)[nH]1. The summed E-state index contributed by atoms with van der Waals surface area (Å²) < 4.78 is 0. The Kier molecular flexibility index (Phi) is 5.93. The number of rotatable bonds is 8. The van der Waals surface area contributed by atoms with E-state index in [1.54, 1.807) is 6.07 Å².